The van der Waals surface area contributed by atoms with Gasteiger partial charge in [-0.1, -0.05) is 35.9 Å². The van der Waals surface area contributed by atoms with E-state index in [1.165, 1.54) is 36.4 Å². The first-order valence-corrected chi connectivity index (χ1v) is 22.6. The van der Waals surface area contributed by atoms with E-state index >= 15 is 0 Å². The Labute approximate surface area is 460 Å². The van der Waals surface area contributed by atoms with Gasteiger partial charge in [-0.25, -0.2) is 4.98 Å². The molecule has 10 rings (SSSR count). The second kappa shape index (κ2) is 22.8. The molecule has 2 aromatic carbocycles. The second-order valence-corrected chi connectivity index (χ2v) is 17.7. The molecule has 0 radical (unpaired) electrons. The first kappa shape index (κ1) is 55.3. The Balaban J connectivity index is 0.000000203. The topological polar surface area (TPSA) is 414 Å². The first-order valence-electron chi connectivity index (χ1n) is 19.4. The third-order valence-electron chi connectivity index (χ3n) is 9.83. The van der Waals surface area contributed by atoms with Crippen molar-refractivity contribution < 1.29 is 69.0 Å². The maximum Gasteiger partial charge on any atom is 1.00 e. The summed E-state index contributed by atoms with van der Waals surface area (Å²) in [5, 5.41) is 36.8. The van der Waals surface area contributed by atoms with E-state index in [4.69, 9.17) is 69.9 Å². The molecular formula is C38H24ClN14NaO13S6. The second-order valence-electron chi connectivity index (χ2n) is 14.3. The Morgan fingerprint density at radius 3 is 1.62 bits per heavy atom. The van der Waals surface area contributed by atoms with Crippen LogP contribution in [0.5, 0.6) is 29.4 Å². The molecule has 2 atom stereocenters. The summed E-state index contributed by atoms with van der Waals surface area (Å²) in [7, 11) is 0. The summed E-state index contributed by atoms with van der Waals surface area (Å²) in [6, 6.07) is 12.3. The van der Waals surface area contributed by atoms with Gasteiger partial charge in [-0.2, -0.15) is 9.97 Å². The van der Waals surface area contributed by atoms with Crippen LogP contribution < -0.4 is 66.3 Å². The summed E-state index contributed by atoms with van der Waals surface area (Å²) in [5.74, 6) is -2.28. The van der Waals surface area contributed by atoms with Crippen molar-refractivity contribution in [2.24, 2.45) is 0 Å². The summed E-state index contributed by atoms with van der Waals surface area (Å²) in [5.41, 5.74) is 0.378. The normalized spacial score (nSPS) is 14.5. The summed E-state index contributed by atoms with van der Waals surface area (Å²) in [6.45, 7) is 0. The maximum atomic E-state index is 13.0. The summed E-state index contributed by atoms with van der Waals surface area (Å²) in [4.78, 5) is 110. The molecule has 2 unspecified atom stereocenters. The number of nitro groups is 2. The average Bonchev–Trinajstić information content (AvgIpc) is 3.27. The van der Waals surface area contributed by atoms with Gasteiger partial charge >= 0.3 is 29.6 Å². The van der Waals surface area contributed by atoms with Crippen molar-refractivity contribution in [1.29, 1.82) is 0 Å². The molecule has 2 amide bonds. The zero-order chi connectivity index (χ0) is 51.0. The molecule has 368 valence electrons. The number of carbonyl (C=O) groups excluding carboxylic acids is 2. The standard InChI is InChI=1S/C19H11N7O6S3.C15H8ClN5O4S2.C4H4N2O2S.Na.H2O/c27-8-5-9(28)21-19(20-8)35-16-12-10(6-1-3-7(4-2-6)26(30)31)11-13(29)22-17(33)23-14(11)32-15(12)24-18(34)25-16;16-10-8-7(5-1-3-6(4-2-5)21(23)24)9-11(22)18-15(27)20-13(9)25-12(8)19-14(26)17-10;7-2-1-3(8)6-4(9)5-2;;/h1-5,10H,(H,24,25,34)(H2,20,21,27,28)(H2,22,23,29,33);1-4,7H,(H,17,19,26)(H2,18,20,22,27);1H2,(H2,5,6,7,8,9);;1H2/q;;;+1;/p-1. The fourth-order valence-corrected chi connectivity index (χ4v) is 9.36. The Morgan fingerprint density at radius 2 is 1.12 bits per heavy atom. The monoisotopic (exact) mass is 1130 g/mol. The summed E-state index contributed by atoms with van der Waals surface area (Å²) >= 11 is 32.0. The van der Waals surface area contributed by atoms with Crippen molar-refractivity contribution in [2.45, 2.75) is 28.4 Å². The molecule has 3 aliphatic heterocycles. The van der Waals surface area contributed by atoms with Crippen LogP contribution in [0.2, 0.25) is 5.15 Å². The minimum atomic E-state index is -0.837. The smallest absolute Gasteiger partial charge is 0.870 e. The number of carbonyl (C=O) groups is 2. The molecule has 35 heteroatoms. The van der Waals surface area contributed by atoms with E-state index < -0.39 is 44.2 Å². The number of fused-ring (bicyclic) bond motifs is 4. The number of rotatable bonds is 6. The van der Waals surface area contributed by atoms with Crippen LogP contribution in [0.15, 0.2) is 79.2 Å². The third kappa shape index (κ3) is 12.2. The number of nitrogens with zero attached hydrogens (tertiary/aromatic N) is 5. The van der Waals surface area contributed by atoms with E-state index in [2.05, 4.69) is 72.7 Å². The minimum Gasteiger partial charge on any atom is -0.870 e. The van der Waals surface area contributed by atoms with Crippen molar-refractivity contribution in [3.05, 3.63) is 164 Å². The quantitative estimate of drug-likeness (QED) is 0.0217. The van der Waals surface area contributed by atoms with Gasteiger partial charge in [0.15, 0.2) is 19.8 Å². The van der Waals surface area contributed by atoms with Crippen LogP contribution >= 0.6 is 84.5 Å². The Morgan fingerprint density at radius 1 is 0.644 bits per heavy atom. The Bertz CT molecular complexity index is 3820. The fraction of sp³-hybridized carbons (Fsp3) is 0.0789. The number of non-ortho nitro benzene ring substituents is 2. The number of aromatic nitrogens is 10. The zero-order valence-electron chi connectivity index (χ0n) is 36.0. The molecule has 3 aliphatic rings. The minimum absolute atomic E-state index is 0. The van der Waals surface area contributed by atoms with Gasteiger partial charge in [-0.15, -0.1) is 0 Å². The molecule has 0 spiro atoms. The molecule has 7 aromatic rings. The first-order chi connectivity index (χ1) is 33.7. The van der Waals surface area contributed by atoms with Crippen LogP contribution in [0.25, 0.3) is 0 Å². The number of H-pyrrole nitrogens is 7. The molecule has 73 heavy (non-hydrogen) atoms. The third-order valence-corrected chi connectivity index (χ3v) is 12.0. The SMILES string of the molecule is O=C1CC(=O)NC(=S)N1.O=c1[nH]c(=S)[nH]c2c1C(c1ccc([N+](=O)[O-])cc1)c1c(nc(=S)[nH]c1Cl)O2.O=c1cc(O)nc(Sc2nc(=S)[nH]c3c2C(c2ccc([N+](=O)[O-])cc2)c2c([nH]c(=S)[nH]c2=O)O3)[nH]1.[Na+].[OH-]. The van der Waals surface area contributed by atoms with Crippen LogP contribution in [-0.4, -0.2) is 87.2 Å². The van der Waals surface area contributed by atoms with E-state index in [1.54, 1.807) is 12.1 Å². The number of hydrogen-bond acceptors (Lipinski definition) is 22. The van der Waals surface area contributed by atoms with Crippen LogP contribution in [0.4, 0.5) is 11.4 Å². The van der Waals surface area contributed by atoms with E-state index in [1.807, 2.05) is 0 Å². The van der Waals surface area contributed by atoms with Gasteiger partial charge in [0.25, 0.3) is 28.1 Å². The van der Waals surface area contributed by atoms with Gasteiger partial charge in [-0.05, 0) is 84.0 Å². The van der Waals surface area contributed by atoms with E-state index in [0.717, 1.165) is 17.8 Å². The van der Waals surface area contributed by atoms with Gasteiger partial charge in [0, 0.05) is 24.3 Å². The zero-order valence-corrected chi connectivity index (χ0v) is 43.7. The van der Waals surface area contributed by atoms with Crippen LogP contribution in [0.1, 0.15) is 51.6 Å². The molecular weight excluding hydrogens is 1110 g/mol. The largest absolute Gasteiger partial charge is 1.00 e. The maximum absolute atomic E-state index is 13.0. The predicted molar refractivity (Wildman–Crippen MR) is 263 cm³/mol. The van der Waals surface area contributed by atoms with Crippen LogP contribution in [0, 0.1) is 39.3 Å². The number of ether oxygens (including phenoxy) is 2. The number of thiocarbonyl (C=S) groups is 1. The Kier molecular flexibility index (Phi) is 17.3. The van der Waals surface area contributed by atoms with Gasteiger partial charge in [0.2, 0.25) is 50.8 Å². The molecule has 0 saturated carbocycles. The molecule has 1 fully saturated rings. The predicted octanol–water partition coefficient (Wildman–Crippen LogP) is 2.49. The summed E-state index contributed by atoms with van der Waals surface area (Å²) < 4.78 is 11.8. The number of hydrogen-bond donors (Lipinski definition) is 10. The van der Waals surface area contributed by atoms with E-state index in [0.29, 0.717) is 22.3 Å². The number of halogens is 1. The Hall–Kier alpha value is -7.05. The number of benzene rings is 2. The number of amides is 2. The summed E-state index contributed by atoms with van der Waals surface area (Å²) in [6.07, 6.45) is -0.125. The van der Waals surface area contributed by atoms with Crippen molar-refractivity contribution in [2.75, 3.05) is 0 Å². The molecule has 5 aromatic heterocycles. The fourth-order valence-electron chi connectivity index (χ4n) is 7.07. The number of aromatic amines is 7. The van der Waals surface area contributed by atoms with Crippen molar-refractivity contribution in [3.8, 4) is 29.4 Å². The molecule has 27 nitrogen and oxygen atoms in total. The van der Waals surface area contributed by atoms with Crippen LogP contribution in [0.3, 0.4) is 0 Å². The van der Waals surface area contributed by atoms with Gasteiger partial charge in [0.05, 0.1) is 50.0 Å². The van der Waals surface area contributed by atoms with E-state index in [9.17, 15) is 49.3 Å². The average molecular weight is 1140 g/mol. The van der Waals surface area contributed by atoms with Crippen molar-refractivity contribution in [3.63, 3.8) is 0 Å². The molecule has 0 aliphatic carbocycles. The van der Waals surface area contributed by atoms with Gasteiger partial charge in [-0.3, -0.25) is 54.2 Å². The van der Waals surface area contributed by atoms with E-state index in [-0.39, 0.29) is 139 Å². The number of nitro benzene ring substituents is 2. The number of nitrogens with one attached hydrogen (secondary N) is 9. The van der Waals surface area contributed by atoms with Crippen LogP contribution in [-0.2, 0) is 9.59 Å². The van der Waals surface area contributed by atoms with Crippen molar-refractivity contribution >= 4 is 113 Å². The molecule has 1 saturated heterocycles. The van der Waals surface area contributed by atoms with Crippen molar-refractivity contribution in [1.82, 2.24) is 60.5 Å². The molecule has 8 heterocycles. The van der Waals surface area contributed by atoms with Gasteiger partial charge in [0.1, 0.15) is 16.6 Å². The molecule has 0 bridgehead atoms. The number of aromatic hydroxyl groups is 1. The van der Waals surface area contributed by atoms with Gasteiger partial charge < -0.3 is 55.6 Å². The molecule has 11 N–H and O–H groups in total.